The van der Waals surface area contributed by atoms with E-state index < -0.39 is 0 Å². The molecule has 0 amide bonds. The largest absolute Gasteiger partial charge is 0.497 e. The predicted molar refractivity (Wildman–Crippen MR) is 126 cm³/mol. The van der Waals surface area contributed by atoms with Crippen molar-refractivity contribution in [1.29, 1.82) is 0 Å². The van der Waals surface area contributed by atoms with Crippen LogP contribution in [0.2, 0.25) is 0 Å². The standard InChI is InChI=1S/C22H27N5O3S2/c1-6-18(20(28)30-7-2)32-22-26-25-19(13-31-21-23-14(3)12-15(4)24-21)27(22)16-8-10-17(29-5)11-9-16/h8-12,18H,6-7,13H2,1-5H3. The van der Waals surface area contributed by atoms with E-state index in [1.807, 2.05) is 55.7 Å². The molecular weight excluding hydrogens is 446 g/mol. The van der Waals surface area contributed by atoms with Crippen molar-refractivity contribution >= 4 is 29.5 Å². The first-order valence-corrected chi connectivity index (χ1v) is 12.2. The zero-order valence-corrected chi connectivity index (χ0v) is 20.5. The van der Waals surface area contributed by atoms with Crippen LogP contribution in [0.3, 0.4) is 0 Å². The Hall–Kier alpha value is -2.59. The Kier molecular flexibility index (Phi) is 8.52. The van der Waals surface area contributed by atoms with Gasteiger partial charge in [0, 0.05) is 17.1 Å². The fourth-order valence-corrected chi connectivity index (χ4v) is 4.86. The van der Waals surface area contributed by atoms with Crippen molar-refractivity contribution in [2.45, 2.75) is 55.4 Å². The van der Waals surface area contributed by atoms with E-state index in [9.17, 15) is 4.79 Å². The van der Waals surface area contributed by atoms with Crippen molar-refractivity contribution in [2.75, 3.05) is 13.7 Å². The van der Waals surface area contributed by atoms with Gasteiger partial charge in [-0.05, 0) is 57.5 Å². The molecule has 1 aromatic carbocycles. The normalized spacial score (nSPS) is 11.9. The summed E-state index contributed by atoms with van der Waals surface area (Å²) in [5.41, 5.74) is 2.73. The van der Waals surface area contributed by atoms with Crippen LogP contribution in [-0.2, 0) is 15.3 Å². The Morgan fingerprint density at radius 1 is 1.09 bits per heavy atom. The second-order valence-electron chi connectivity index (χ2n) is 6.92. The highest BCUT2D eigenvalue weighted by Crippen LogP contribution is 2.30. The number of carbonyl (C=O) groups is 1. The summed E-state index contributed by atoms with van der Waals surface area (Å²) in [4.78, 5) is 21.3. The van der Waals surface area contributed by atoms with Crippen LogP contribution in [0, 0.1) is 13.8 Å². The van der Waals surface area contributed by atoms with Gasteiger partial charge in [-0.3, -0.25) is 9.36 Å². The van der Waals surface area contributed by atoms with Gasteiger partial charge in [0.1, 0.15) is 16.8 Å². The number of benzene rings is 1. The molecule has 0 N–H and O–H groups in total. The summed E-state index contributed by atoms with van der Waals surface area (Å²) in [6.07, 6.45) is 0.624. The number of methoxy groups -OCH3 is 1. The first-order chi connectivity index (χ1) is 15.4. The van der Waals surface area contributed by atoms with Gasteiger partial charge in [-0.15, -0.1) is 10.2 Å². The van der Waals surface area contributed by atoms with Crippen LogP contribution in [0.5, 0.6) is 5.75 Å². The zero-order valence-electron chi connectivity index (χ0n) is 18.9. The quantitative estimate of drug-likeness (QED) is 0.241. The molecule has 0 aliphatic rings. The highest BCUT2D eigenvalue weighted by atomic mass is 32.2. The van der Waals surface area contributed by atoms with Gasteiger partial charge in [-0.25, -0.2) is 9.97 Å². The molecule has 0 bridgehead atoms. The first kappa shape index (κ1) is 24.1. The molecule has 0 saturated carbocycles. The van der Waals surface area contributed by atoms with Crippen LogP contribution in [0.15, 0.2) is 40.6 Å². The molecule has 1 unspecified atom stereocenters. The Morgan fingerprint density at radius 2 is 1.78 bits per heavy atom. The van der Waals surface area contributed by atoms with E-state index in [0.29, 0.717) is 29.1 Å². The molecule has 0 aliphatic heterocycles. The fraction of sp³-hybridized carbons (Fsp3) is 0.409. The zero-order chi connectivity index (χ0) is 23.1. The van der Waals surface area contributed by atoms with E-state index in [4.69, 9.17) is 9.47 Å². The lowest BCUT2D eigenvalue weighted by Crippen LogP contribution is -2.20. The molecule has 0 saturated heterocycles. The van der Waals surface area contributed by atoms with Gasteiger partial charge < -0.3 is 9.47 Å². The smallest absolute Gasteiger partial charge is 0.319 e. The SMILES string of the molecule is CCOC(=O)C(CC)Sc1nnc(CSc2nc(C)cc(C)n2)n1-c1ccc(OC)cc1. The maximum Gasteiger partial charge on any atom is 0.319 e. The minimum absolute atomic E-state index is 0.246. The van der Waals surface area contributed by atoms with Crippen LogP contribution in [0.1, 0.15) is 37.5 Å². The first-order valence-electron chi connectivity index (χ1n) is 10.3. The molecular formula is C22H27N5O3S2. The minimum Gasteiger partial charge on any atom is -0.497 e. The number of hydrogen-bond donors (Lipinski definition) is 0. The lowest BCUT2D eigenvalue weighted by atomic mass is 10.3. The number of hydrogen-bond acceptors (Lipinski definition) is 9. The summed E-state index contributed by atoms with van der Waals surface area (Å²) < 4.78 is 12.5. The number of rotatable bonds is 10. The van der Waals surface area contributed by atoms with Crippen molar-refractivity contribution in [1.82, 2.24) is 24.7 Å². The molecule has 8 nitrogen and oxygen atoms in total. The Morgan fingerprint density at radius 3 is 2.38 bits per heavy atom. The molecule has 0 spiro atoms. The van der Waals surface area contributed by atoms with E-state index in [2.05, 4.69) is 20.2 Å². The molecule has 10 heteroatoms. The second kappa shape index (κ2) is 11.3. The van der Waals surface area contributed by atoms with Gasteiger partial charge in [0.05, 0.1) is 19.5 Å². The summed E-state index contributed by atoms with van der Waals surface area (Å²) in [7, 11) is 1.63. The van der Waals surface area contributed by atoms with Crippen molar-refractivity contribution < 1.29 is 14.3 Å². The third kappa shape index (κ3) is 6.01. The summed E-state index contributed by atoms with van der Waals surface area (Å²) >= 11 is 2.86. The minimum atomic E-state index is -0.362. The topological polar surface area (TPSA) is 92.0 Å². The van der Waals surface area contributed by atoms with Crippen molar-refractivity contribution in [3.63, 3.8) is 0 Å². The molecule has 2 aromatic heterocycles. The van der Waals surface area contributed by atoms with Crippen molar-refractivity contribution in [2.24, 2.45) is 0 Å². The van der Waals surface area contributed by atoms with Gasteiger partial charge >= 0.3 is 5.97 Å². The second-order valence-corrected chi connectivity index (χ2v) is 9.03. The summed E-state index contributed by atoms with van der Waals surface area (Å²) in [6.45, 7) is 8.01. The molecule has 2 heterocycles. The van der Waals surface area contributed by atoms with Crippen LogP contribution < -0.4 is 4.74 Å². The van der Waals surface area contributed by atoms with E-state index in [1.165, 1.54) is 23.5 Å². The van der Waals surface area contributed by atoms with Crippen molar-refractivity contribution in [3.8, 4) is 11.4 Å². The summed E-state index contributed by atoms with van der Waals surface area (Å²) in [6, 6.07) is 9.60. The van der Waals surface area contributed by atoms with Crippen LogP contribution in [-0.4, -0.2) is 49.7 Å². The number of carbonyl (C=O) groups excluding carboxylic acids is 1. The lowest BCUT2D eigenvalue weighted by molar-refractivity contribution is -0.142. The maximum atomic E-state index is 12.4. The van der Waals surface area contributed by atoms with E-state index in [-0.39, 0.29) is 11.2 Å². The van der Waals surface area contributed by atoms with Gasteiger partial charge in [0.25, 0.3) is 0 Å². The van der Waals surface area contributed by atoms with Gasteiger partial charge in [0.2, 0.25) is 0 Å². The van der Waals surface area contributed by atoms with Gasteiger partial charge in [-0.1, -0.05) is 30.4 Å². The average Bonchev–Trinajstić information content (AvgIpc) is 3.18. The van der Waals surface area contributed by atoms with Crippen LogP contribution >= 0.6 is 23.5 Å². The van der Waals surface area contributed by atoms with Crippen LogP contribution in [0.4, 0.5) is 0 Å². The summed E-state index contributed by atoms with van der Waals surface area (Å²) in [5, 5.41) is 9.78. The van der Waals surface area contributed by atoms with Crippen LogP contribution in [0.25, 0.3) is 5.69 Å². The van der Waals surface area contributed by atoms with Gasteiger partial charge in [-0.2, -0.15) is 0 Å². The number of thioether (sulfide) groups is 2. The Labute approximate surface area is 196 Å². The number of aryl methyl sites for hydroxylation is 2. The lowest BCUT2D eigenvalue weighted by Gasteiger charge is -2.15. The molecule has 1 atom stereocenters. The Balaban J connectivity index is 1.92. The summed E-state index contributed by atoms with van der Waals surface area (Å²) in [5.74, 6) is 1.78. The fourth-order valence-electron chi connectivity index (χ4n) is 3.01. The molecule has 0 fully saturated rings. The molecule has 170 valence electrons. The van der Waals surface area contributed by atoms with E-state index in [0.717, 1.165) is 28.6 Å². The highest BCUT2D eigenvalue weighted by Gasteiger charge is 2.24. The monoisotopic (exact) mass is 473 g/mol. The molecule has 0 radical (unpaired) electrons. The number of aromatic nitrogens is 5. The predicted octanol–water partition coefficient (Wildman–Crippen LogP) is 4.41. The maximum absolute atomic E-state index is 12.4. The molecule has 0 aliphatic carbocycles. The Bertz CT molecular complexity index is 1040. The van der Waals surface area contributed by atoms with E-state index in [1.54, 1.807) is 14.0 Å². The number of nitrogens with zero attached hydrogens (tertiary/aromatic N) is 5. The average molecular weight is 474 g/mol. The van der Waals surface area contributed by atoms with Gasteiger partial charge in [0.15, 0.2) is 10.3 Å². The number of esters is 1. The number of ether oxygens (including phenoxy) is 2. The third-order valence-electron chi connectivity index (χ3n) is 4.49. The molecule has 3 rings (SSSR count). The van der Waals surface area contributed by atoms with E-state index >= 15 is 0 Å². The molecule has 32 heavy (non-hydrogen) atoms. The third-order valence-corrected chi connectivity index (χ3v) is 6.62. The highest BCUT2D eigenvalue weighted by molar-refractivity contribution is 8.00. The van der Waals surface area contributed by atoms with Crippen molar-refractivity contribution in [3.05, 3.63) is 47.5 Å². The molecule has 3 aromatic rings.